The summed E-state index contributed by atoms with van der Waals surface area (Å²) >= 11 is 1.16. The minimum atomic E-state index is -0.634. The second kappa shape index (κ2) is 5.86. The molecule has 0 atom stereocenters. The standard InChI is InChI=1S/C20H13F2NOS/c21-12-8-9-16(22)15(10-12)17-18(24)19(25-20(17)23)14-7-3-5-11-4-1-2-6-13(11)14/h1-10,24H,23H2. The Morgan fingerprint density at radius 2 is 1.64 bits per heavy atom. The summed E-state index contributed by atoms with van der Waals surface area (Å²) in [4.78, 5) is 0.535. The number of nitrogens with two attached hydrogens (primary N) is 1. The Kier molecular flexibility index (Phi) is 3.66. The number of hydrogen-bond donors (Lipinski definition) is 2. The number of thiophene rings is 1. The first-order valence-corrected chi connectivity index (χ1v) is 8.42. The second-order valence-electron chi connectivity index (χ2n) is 5.67. The number of nitrogen functional groups attached to an aromatic ring is 1. The highest BCUT2D eigenvalue weighted by Crippen LogP contribution is 2.50. The molecule has 0 radical (unpaired) electrons. The van der Waals surface area contributed by atoms with Crippen molar-refractivity contribution in [1.82, 2.24) is 0 Å². The number of fused-ring (bicyclic) bond motifs is 1. The summed E-state index contributed by atoms with van der Waals surface area (Å²) in [6, 6.07) is 16.6. The average Bonchev–Trinajstić information content (AvgIpc) is 2.91. The summed E-state index contributed by atoms with van der Waals surface area (Å²) < 4.78 is 27.7. The Morgan fingerprint density at radius 3 is 2.48 bits per heavy atom. The lowest BCUT2D eigenvalue weighted by Gasteiger charge is -2.07. The van der Waals surface area contributed by atoms with Crippen LogP contribution in [-0.2, 0) is 0 Å². The summed E-state index contributed by atoms with van der Waals surface area (Å²) in [6.45, 7) is 0. The van der Waals surface area contributed by atoms with Crippen LogP contribution >= 0.6 is 11.3 Å². The Morgan fingerprint density at radius 1 is 0.880 bits per heavy atom. The van der Waals surface area contributed by atoms with Crippen molar-refractivity contribution in [3.8, 4) is 27.3 Å². The van der Waals surface area contributed by atoms with Crippen LogP contribution < -0.4 is 5.73 Å². The highest BCUT2D eigenvalue weighted by atomic mass is 32.1. The van der Waals surface area contributed by atoms with Gasteiger partial charge in [-0.3, -0.25) is 0 Å². The highest BCUT2D eigenvalue weighted by molar-refractivity contribution is 7.20. The summed E-state index contributed by atoms with van der Waals surface area (Å²) in [6.07, 6.45) is 0. The molecule has 0 fully saturated rings. The van der Waals surface area contributed by atoms with Crippen LogP contribution in [-0.4, -0.2) is 5.11 Å². The van der Waals surface area contributed by atoms with E-state index in [2.05, 4.69) is 0 Å². The zero-order chi connectivity index (χ0) is 17.6. The maximum atomic E-state index is 14.2. The topological polar surface area (TPSA) is 46.2 Å². The maximum absolute atomic E-state index is 14.2. The van der Waals surface area contributed by atoms with Gasteiger partial charge in [-0.15, -0.1) is 11.3 Å². The van der Waals surface area contributed by atoms with E-state index < -0.39 is 11.6 Å². The number of rotatable bonds is 2. The van der Waals surface area contributed by atoms with Gasteiger partial charge in [0.05, 0.1) is 15.4 Å². The molecule has 4 aromatic rings. The van der Waals surface area contributed by atoms with Gasteiger partial charge in [0.1, 0.15) is 17.4 Å². The molecule has 2 nitrogen and oxygen atoms in total. The predicted molar refractivity (Wildman–Crippen MR) is 98.7 cm³/mol. The van der Waals surface area contributed by atoms with Gasteiger partial charge in [0.15, 0.2) is 0 Å². The lowest BCUT2D eigenvalue weighted by atomic mass is 10.0. The summed E-state index contributed by atoms with van der Waals surface area (Å²) in [7, 11) is 0. The molecule has 4 rings (SSSR count). The quantitative estimate of drug-likeness (QED) is 0.478. The van der Waals surface area contributed by atoms with Gasteiger partial charge >= 0.3 is 0 Å². The molecular formula is C20H13F2NOS. The fraction of sp³-hybridized carbons (Fsp3) is 0. The van der Waals surface area contributed by atoms with E-state index in [0.29, 0.717) is 4.88 Å². The first-order chi connectivity index (χ1) is 12.1. The largest absolute Gasteiger partial charge is 0.506 e. The van der Waals surface area contributed by atoms with Gasteiger partial charge in [0.2, 0.25) is 0 Å². The normalized spacial score (nSPS) is 11.1. The monoisotopic (exact) mass is 353 g/mol. The van der Waals surface area contributed by atoms with Crippen LogP contribution in [0.1, 0.15) is 0 Å². The molecule has 0 aliphatic heterocycles. The van der Waals surface area contributed by atoms with Gasteiger partial charge < -0.3 is 10.8 Å². The van der Waals surface area contributed by atoms with Gasteiger partial charge in [0, 0.05) is 11.1 Å². The Bertz CT molecular complexity index is 1100. The maximum Gasteiger partial charge on any atom is 0.144 e. The smallest absolute Gasteiger partial charge is 0.144 e. The molecule has 124 valence electrons. The Hall–Kier alpha value is -2.92. The molecule has 1 aromatic heterocycles. The van der Waals surface area contributed by atoms with E-state index in [-0.39, 0.29) is 21.9 Å². The average molecular weight is 353 g/mol. The molecule has 0 spiro atoms. The number of benzene rings is 3. The van der Waals surface area contributed by atoms with Crippen LogP contribution in [0.2, 0.25) is 0 Å². The first kappa shape index (κ1) is 15.6. The molecule has 0 aliphatic rings. The van der Waals surface area contributed by atoms with Crippen molar-refractivity contribution in [2.24, 2.45) is 0 Å². The molecular weight excluding hydrogens is 340 g/mol. The third-order valence-electron chi connectivity index (χ3n) is 4.14. The molecule has 0 saturated carbocycles. The minimum absolute atomic E-state index is 0.0438. The van der Waals surface area contributed by atoms with Gasteiger partial charge in [-0.2, -0.15) is 0 Å². The van der Waals surface area contributed by atoms with Gasteiger partial charge in [-0.05, 0) is 29.0 Å². The van der Waals surface area contributed by atoms with Gasteiger partial charge in [0.25, 0.3) is 0 Å². The lowest BCUT2D eigenvalue weighted by Crippen LogP contribution is -1.89. The SMILES string of the molecule is Nc1sc(-c2cccc3ccccc23)c(O)c1-c1cc(F)ccc1F. The summed E-state index contributed by atoms with van der Waals surface area (Å²) in [5.74, 6) is -1.36. The van der Waals surface area contributed by atoms with Gasteiger partial charge in [-0.1, -0.05) is 42.5 Å². The zero-order valence-electron chi connectivity index (χ0n) is 13.0. The van der Waals surface area contributed by atoms with Crippen molar-refractivity contribution in [3.05, 3.63) is 72.3 Å². The lowest BCUT2D eigenvalue weighted by molar-refractivity contribution is 0.481. The van der Waals surface area contributed by atoms with Crippen molar-refractivity contribution in [2.75, 3.05) is 5.73 Å². The van der Waals surface area contributed by atoms with E-state index in [1.165, 1.54) is 0 Å². The van der Waals surface area contributed by atoms with E-state index in [1.807, 2.05) is 42.5 Å². The molecule has 0 saturated heterocycles. The second-order valence-corrected chi connectivity index (χ2v) is 6.72. The van der Waals surface area contributed by atoms with Crippen LogP contribution in [0.15, 0.2) is 60.7 Å². The van der Waals surface area contributed by atoms with Crippen molar-refractivity contribution in [2.45, 2.75) is 0 Å². The molecule has 0 aliphatic carbocycles. The van der Waals surface area contributed by atoms with Crippen molar-refractivity contribution in [1.29, 1.82) is 0 Å². The van der Waals surface area contributed by atoms with Crippen LogP contribution in [0.5, 0.6) is 5.75 Å². The Labute approximate surface area is 146 Å². The summed E-state index contributed by atoms with van der Waals surface area (Å²) in [5, 5.41) is 12.9. The summed E-state index contributed by atoms with van der Waals surface area (Å²) in [5.41, 5.74) is 6.93. The molecule has 0 amide bonds. The zero-order valence-corrected chi connectivity index (χ0v) is 13.8. The van der Waals surface area contributed by atoms with Crippen LogP contribution in [0.3, 0.4) is 0 Å². The molecule has 0 unspecified atom stereocenters. The van der Waals surface area contributed by atoms with E-state index in [9.17, 15) is 13.9 Å². The molecule has 1 heterocycles. The van der Waals surface area contributed by atoms with E-state index in [0.717, 1.165) is 45.9 Å². The number of aromatic hydroxyl groups is 1. The van der Waals surface area contributed by atoms with Crippen molar-refractivity contribution >= 4 is 27.1 Å². The Balaban J connectivity index is 1.98. The van der Waals surface area contributed by atoms with E-state index in [4.69, 9.17) is 5.73 Å². The molecule has 25 heavy (non-hydrogen) atoms. The number of halogens is 2. The fourth-order valence-electron chi connectivity index (χ4n) is 2.99. The molecule has 3 N–H and O–H groups in total. The molecule has 3 aromatic carbocycles. The van der Waals surface area contributed by atoms with Crippen LogP contribution in [0.4, 0.5) is 13.8 Å². The predicted octanol–water partition coefficient (Wildman–Crippen LogP) is 5.80. The minimum Gasteiger partial charge on any atom is -0.506 e. The third-order valence-corrected chi connectivity index (χ3v) is 5.18. The van der Waals surface area contributed by atoms with Crippen molar-refractivity contribution < 1.29 is 13.9 Å². The molecule has 0 bridgehead atoms. The molecule has 5 heteroatoms. The number of anilines is 1. The number of hydrogen-bond acceptors (Lipinski definition) is 3. The van der Waals surface area contributed by atoms with Crippen molar-refractivity contribution in [3.63, 3.8) is 0 Å². The first-order valence-electron chi connectivity index (χ1n) is 7.61. The fourth-order valence-corrected chi connectivity index (χ4v) is 4.01. The third kappa shape index (κ3) is 2.53. The van der Waals surface area contributed by atoms with Crippen LogP contribution in [0.25, 0.3) is 32.3 Å². The van der Waals surface area contributed by atoms with Gasteiger partial charge in [-0.25, -0.2) is 8.78 Å². The highest BCUT2D eigenvalue weighted by Gasteiger charge is 2.22. The van der Waals surface area contributed by atoms with Crippen LogP contribution in [0, 0.1) is 11.6 Å². The van der Waals surface area contributed by atoms with E-state index in [1.54, 1.807) is 0 Å². The van der Waals surface area contributed by atoms with E-state index >= 15 is 0 Å².